The van der Waals surface area contributed by atoms with Gasteiger partial charge >= 0.3 is 0 Å². The molecule has 0 aromatic heterocycles. The first-order chi connectivity index (χ1) is 10.2. The van der Waals surface area contributed by atoms with Crippen LogP contribution in [0.1, 0.15) is 29.3 Å². The number of hydrogen-bond acceptors (Lipinski definition) is 2. The van der Waals surface area contributed by atoms with Gasteiger partial charge in [0, 0.05) is 24.0 Å². The van der Waals surface area contributed by atoms with E-state index in [2.05, 4.69) is 24.0 Å². The molecule has 2 aromatic rings. The van der Waals surface area contributed by atoms with Crippen molar-refractivity contribution in [3.8, 4) is 0 Å². The second-order valence-corrected chi connectivity index (χ2v) is 5.15. The van der Waals surface area contributed by atoms with Crippen molar-refractivity contribution in [3.63, 3.8) is 0 Å². The molecule has 0 N–H and O–H groups in total. The Morgan fingerprint density at radius 3 is 2.48 bits per heavy atom. The van der Waals surface area contributed by atoms with Gasteiger partial charge in [-0.05, 0) is 36.3 Å². The Hall–Kier alpha value is -2.06. The van der Waals surface area contributed by atoms with Crippen molar-refractivity contribution in [1.29, 1.82) is 0 Å². The van der Waals surface area contributed by atoms with Crippen molar-refractivity contribution in [2.45, 2.75) is 13.3 Å². The van der Waals surface area contributed by atoms with E-state index in [1.165, 1.54) is 0 Å². The summed E-state index contributed by atoms with van der Waals surface area (Å²) in [5, 5.41) is 0.483. The van der Waals surface area contributed by atoms with Crippen LogP contribution in [0, 0.1) is 0 Å². The molecular formula is C18H18ClNO. The molecule has 0 aliphatic heterocycles. The lowest BCUT2D eigenvalue weighted by Gasteiger charge is -2.22. The lowest BCUT2D eigenvalue weighted by Crippen LogP contribution is -2.15. The van der Waals surface area contributed by atoms with Gasteiger partial charge in [-0.3, -0.25) is 4.79 Å². The Morgan fingerprint density at radius 1 is 1.14 bits per heavy atom. The highest BCUT2D eigenvalue weighted by atomic mass is 35.5. The first kappa shape index (κ1) is 15.3. The van der Waals surface area contributed by atoms with Crippen molar-refractivity contribution in [2.75, 3.05) is 11.9 Å². The van der Waals surface area contributed by atoms with Gasteiger partial charge in [-0.1, -0.05) is 48.9 Å². The lowest BCUT2D eigenvalue weighted by molar-refractivity contribution is 0.112. The van der Waals surface area contributed by atoms with Crippen LogP contribution in [0.2, 0.25) is 5.02 Å². The van der Waals surface area contributed by atoms with Crippen molar-refractivity contribution in [3.05, 3.63) is 70.4 Å². The monoisotopic (exact) mass is 299 g/mol. The van der Waals surface area contributed by atoms with Crippen molar-refractivity contribution in [1.82, 2.24) is 0 Å². The Morgan fingerprint density at radius 2 is 1.86 bits per heavy atom. The number of anilines is 1. The summed E-state index contributed by atoms with van der Waals surface area (Å²) in [6.45, 7) is 2.09. The zero-order chi connectivity index (χ0) is 15.2. The van der Waals surface area contributed by atoms with E-state index in [0.717, 1.165) is 29.7 Å². The van der Waals surface area contributed by atoms with E-state index in [1.807, 2.05) is 43.5 Å². The number of rotatable bonds is 5. The van der Waals surface area contributed by atoms with Crippen LogP contribution in [0.25, 0.3) is 6.08 Å². The van der Waals surface area contributed by atoms with Gasteiger partial charge in [0.2, 0.25) is 0 Å². The molecule has 0 aliphatic rings. The second kappa shape index (κ2) is 7.09. The molecule has 21 heavy (non-hydrogen) atoms. The number of para-hydroxylation sites is 1. The Bertz CT molecular complexity index is 650. The number of nitrogens with zero attached hydrogens (tertiary/aromatic N) is 1. The maximum absolute atomic E-state index is 11.2. The van der Waals surface area contributed by atoms with Gasteiger partial charge in [-0.25, -0.2) is 0 Å². The SMILES string of the molecule is CC/C(=C/c1cccc(Cl)c1C=O)N(C)c1ccccc1. The summed E-state index contributed by atoms with van der Waals surface area (Å²) in [4.78, 5) is 13.4. The summed E-state index contributed by atoms with van der Waals surface area (Å²) in [6, 6.07) is 15.6. The molecule has 0 atom stereocenters. The first-order valence-electron chi connectivity index (χ1n) is 6.90. The molecule has 0 saturated carbocycles. The maximum atomic E-state index is 11.2. The third kappa shape index (κ3) is 3.53. The molecule has 2 rings (SSSR count). The third-order valence-corrected chi connectivity index (χ3v) is 3.79. The van der Waals surface area contributed by atoms with Crippen LogP contribution in [-0.2, 0) is 0 Å². The smallest absolute Gasteiger partial charge is 0.152 e. The molecule has 0 spiro atoms. The topological polar surface area (TPSA) is 20.3 Å². The predicted molar refractivity (Wildman–Crippen MR) is 90.0 cm³/mol. The minimum absolute atomic E-state index is 0.483. The molecule has 0 heterocycles. The summed E-state index contributed by atoms with van der Waals surface area (Å²) in [7, 11) is 2.02. The fraction of sp³-hybridized carbons (Fsp3) is 0.167. The Kier molecular flexibility index (Phi) is 5.18. The van der Waals surface area contributed by atoms with Crippen molar-refractivity contribution >= 4 is 29.7 Å². The van der Waals surface area contributed by atoms with Gasteiger partial charge in [-0.15, -0.1) is 0 Å². The Labute approximate surface area is 130 Å². The minimum atomic E-state index is 0.483. The van der Waals surface area contributed by atoms with E-state index in [9.17, 15) is 4.79 Å². The summed E-state index contributed by atoms with van der Waals surface area (Å²) in [5.74, 6) is 0. The van der Waals surface area contributed by atoms with E-state index < -0.39 is 0 Å². The van der Waals surface area contributed by atoms with Crippen LogP contribution in [0.3, 0.4) is 0 Å². The van der Waals surface area contributed by atoms with Crippen LogP contribution in [0.5, 0.6) is 0 Å². The second-order valence-electron chi connectivity index (χ2n) is 4.74. The van der Waals surface area contributed by atoms with Crippen LogP contribution in [-0.4, -0.2) is 13.3 Å². The lowest BCUT2D eigenvalue weighted by atomic mass is 10.1. The molecule has 0 amide bonds. The van der Waals surface area contributed by atoms with Crippen molar-refractivity contribution in [2.24, 2.45) is 0 Å². The zero-order valence-electron chi connectivity index (χ0n) is 12.2. The molecule has 0 aliphatic carbocycles. The van der Waals surface area contributed by atoms with Gasteiger partial charge in [-0.2, -0.15) is 0 Å². The van der Waals surface area contributed by atoms with Crippen LogP contribution >= 0.6 is 11.6 Å². The van der Waals surface area contributed by atoms with E-state index in [4.69, 9.17) is 11.6 Å². The predicted octanol–water partition coefficient (Wildman–Crippen LogP) is 5.04. The third-order valence-electron chi connectivity index (χ3n) is 3.46. The van der Waals surface area contributed by atoms with E-state index in [1.54, 1.807) is 6.07 Å². The average molecular weight is 300 g/mol. The highest BCUT2D eigenvalue weighted by Crippen LogP contribution is 2.24. The quantitative estimate of drug-likeness (QED) is 0.721. The van der Waals surface area contributed by atoms with Gasteiger partial charge < -0.3 is 4.90 Å². The molecule has 3 heteroatoms. The van der Waals surface area contributed by atoms with Gasteiger partial charge in [0.1, 0.15) is 0 Å². The van der Waals surface area contributed by atoms with Crippen molar-refractivity contribution < 1.29 is 4.79 Å². The molecule has 0 saturated heterocycles. The van der Waals surface area contributed by atoms with Gasteiger partial charge in [0.25, 0.3) is 0 Å². The number of aldehydes is 1. The number of allylic oxidation sites excluding steroid dienone is 1. The number of carbonyl (C=O) groups is 1. The standard InChI is InChI=1S/C18H18ClNO/c1-3-15(20(2)16-9-5-4-6-10-16)12-14-8-7-11-18(19)17(14)13-21/h4-13H,3H2,1-2H3/b15-12-. The number of hydrogen-bond donors (Lipinski definition) is 0. The number of halogens is 1. The Balaban J connectivity index is 2.42. The number of benzene rings is 2. The fourth-order valence-electron chi connectivity index (χ4n) is 2.24. The van der Waals surface area contributed by atoms with Crippen LogP contribution in [0.15, 0.2) is 54.2 Å². The van der Waals surface area contributed by atoms with E-state index in [0.29, 0.717) is 10.6 Å². The number of carbonyl (C=O) groups excluding carboxylic acids is 1. The molecule has 2 aromatic carbocycles. The molecular weight excluding hydrogens is 282 g/mol. The maximum Gasteiger partial charge on any atom is 0.152 e. The van der Waals surface area contributed by atoms with Gasteiger partial charge in [0.05, 0.1) is 5.02 Å². The van der Waals surface area contributed by atoms with E-state index in [-0.39, 0.29) is 0 Å². The molecule has 0 unspecified atom stereocenters. The summed E-state index contributed by atoms with van der Waals surface area (Å²) < 4.78 is 0. The normalized spacial score (nSPS) is 11.3. The molecule has 0 bridgehead atoms. The first-order valence-corrected chi connectivity index (χ1v) is 7.28. The van der Waals surface area contributed by atoms with Crippen LogP contribution in [0.4, 0.5) is 5.69 Å². The average Bonchev–Trinajstić information content (AvgIpc) is 2.53. The molecule has 108 valence electrons. The minimum Gasteiger partial charge on any atom is -0.348 e. The molecule has 0 radical (unpaired) electrons. The summed E-state index contributed by atoms with van der Waals surface area (Å²) in [5.41, 5.74) is 3.61. The van der Waals surface area contributed by atoms with E-state index >= 15 is 0 Å². The molecule has 2 nitrogen and oxygen atoms in total. The summed E-state index contributed by atoms with van der Waals surface area (Å²) >= 11 is 6.08. The summed E-state index contributed by atoms with van der Waals surface area (Å²) in [6.07, 6.45) is 3.68. The highest BCUT2D eigenvalue weighted by molar-refractivity contribution is 6.33. The fourth-order valence-corrected chi connectivity index (χ4v) is 2.46. The van der Waals surface area contributed by atoms with Gasteiger partial charge in [0.15, 0.2) is 6.29 Å². The largest absolute Gasteiger partial charge is 0.348 e. The highest BCUT2D eigenvalue weighted by Gasteiger charge is 2.08. The zero-order valence-corrected chi connectivity index (χ0v) is 13.0. The van der Waals surface area contributed by atoms with Crippen LogP contribution < -0.4 is 4.90 Å². The molecule has 0 fully saturated rings.